The summed E-state index contributed by atoms with van der Waals surface area (Å²) in [6, 6.07) is 48.1. The quantitative estimate of drug-likeness (QED) is 0.174. The van der Waals surface area contributed by atoms with Crippen LogP contribution in [0.5, 0.6) is 0 Å². The van der Waals surface area contributed by atoms with Crippen molar-refractivity contribution in [1.29, 1.82) is 0 Å². The average Bonchev–Trinajstić information content (AvgIpc) is 3.34. The largest absolute Gasteiger partial charge is 0.335 e. The normalized spacial score (nSPS) is 20.8. The summed E-state index contributed by atoms with van der Waals surface area (Å²) in [6.45, 7) is 12.1. The molecule has 3 nitrogen and oxygen atoms in total. The van der Waals surface area contributed by atoms with Gasteiger partial charge in [0.15, 0.2) is 0 Å². The van der Waals surface area contributed by atoms with Gasteiger partial charge in [-0.15, -0.1) is 0 Å². The number of nitrogens with zero attached hydrogens (tertiary/aromatic N) is 3. The van der Waals surface area contributed by atoms with E-state index in [0.717, 1.165) is 11.4 Å². The Morgan fingerprint density at radius 1 is 0.569 bits per heavy atom. The van der Waals surface area contributed by atoms with E-state index in [4.69, 9.17) is 0 Å². The molecular weight excluding hydrogens is 617 g/mol. The third-order valence-electron chi connectivity index (χ3n) is 12.9. The maximum absolute atomic E-state index is 2.84. The first-order chi connectivity index (χ1) is 24.8. The molecule has 0 N–H and O–H groups in total. The molecule has 1 fully saturated rings. The Labute approximate surface area is 303 Å². The summed E-state index contributed by atoms with van der Waals surface area (Å²) >= 11 is 0. The van der Waals surface area contributed by atoms with E-state index in [0.29, 0.717) is 0 Å². The van der Waals surface area contributed by atoms with Crippen molar-refractivity contribution in [2.75, 3.05) is 14.7 Å². The van der Waals surface area contributed by atoms with Crippen molar-refractivity contribution in [3.8, 4) is 0 Å². The Bertz CT molecular complexity index is 2330. The molecule has 250 valence electrons. The maximum Gasteiger partial charge on any atom is 0.252 e. The molecule has 6 aromatic rings. The zero-order valence-corrected chi connectivity index (χ0v) is 30.4. The first-order valence-corrected chi connectivity index (χ1v) is 18.8. The van der Waals surface area contributed by atoms with Gasteiger partial charge in [-0.25, -0.2) is 0 Å². The molecule has 0 radical (unpaired) electrons. The summed E-state index contributed by atoms with van der Waals surface area (Å²) in [5, 5.41) is 0. The highest BCUT2D eigenvalue weighted by Crippen LogP contribution is 2.62. The number of rotatable bonds is 4. The number of hydrogen-bond acceptors (Lipinski definition) is 3. The number of para-hydroxylation sites is 2. The lowest BCUT2D eigenvalue weighted by Crippen LogP contribution is -2.64. The van der Waals surface area contributed by atoms with Gasteiger partial charge >= 0.3 is 0 Å². The Morgan fingerprint density at radius 3 is 1.98 bits per heavy atom. The topological polar surface area (TPSA) is 9.72 Å². The standard InChI is InChI=1S/C47H44BN3/c1-31-15-14-20-36(25-31)50-41-28-32(2)21-22-39(41)48-40-27-33(3)26-38-45(40)51(47(5)24-13-12-23-46(38,47)4)43-30-37(29-42(50)44(43)48)49(34-16-8-6-9-17-34)35-18-10-7-11-19-35/h6-11,14-22,25-30H,12-13,23-24H2,1-5H3. The van der Waals surface area contributed by atoms with Crippen LogP contribution in [0.2, 0.25) is 0 Å². The monoisotopic (exact) mass is 661 g/mol. The summed E-state index contributed by atoms with van der Waals surface area (Å²) < 4.78 is 0. The van der Waals surface area contributed by atoms with Gasteiger partial charge in [-0.05, 0) is 128 Å². The third-order valence-corrected chi connectivity index (χ3v) is 12.9. The second kappa shape index (κ2) is 10.9. The fraction of sp³-hybridized carbons (Fsp3) is 0.234. The second-order valence-electron chi connectivity index (χ2n) is 16.0. The number of aryl methyl sites for hydroxylation is 3. The van der Waals surface area contributed by atoms with Crippen LogP contribution < -0.4 is 31.1 Å². The highest BCUT2D eigenvalue weighted by Gasteiger charge is 2.61. The Balaban J connectivity index is 1.36. The minimum absolute atomic E-state index is 0.0421. The van der Waals surface area contributed by atoms with E-state index in [-0.39, 0.29) is 17.7 Å². The lowest BCUT2D eigenvalue weighted by atomic mass is 9.33. The van der Waals surface area contributed by atoms with E-state index in [9.17, 15) is 0 Å². The highest BCUT2D eigenvalue weighted by atomic mass is 15.3. The van der Waals surface area contributed by atoms with Gasteiger partial charge in [0.2, 0.25) is 0 Å². The fourth-order valence-electron chi connectivity index (χ4n) is 10.4. The Kier molecular flexibility index (Phi) is 6.53. The first-order valence-electron chi connectivity index (χ1n) is 18.8. The molecule has 4 heteroatoms. The molecule has 10 rings (SSSR count). The van der Waals surface area contributed by atoms with Crippen LogP contribution in [0.3, 0.4) is 0 Å². The number of hydrogen-bond donors (Lipinski definition) is 0. The van der Waals surface area contributed by atoms with Crippen LogP contribution in [-0.2, 0) is 5.41 Å². The Morgan fingerprint density at radius 2 is 1.25 bits per heavy atom. The summed E-state index contributed by atoms with van der Waals surface area (Å²) in [5.74, 6) is 0. The van der Waals surface area contributed by atoms with Crippen LogP contribution in [0.1, 0.15) is 61.8 Å². The van der Waals surface area contributed by atoms with Crippen LogP contribution in [0.4, 0.5) is 45.5 Å². The molecule has 6 aromatic carbocycles. The van der Waals surface area contributed by atoms with Crippen LogP contribution in [-0.4, -0.2) is 12.3 Å². The van der Waals surface area contributed by atoms with Crippen molar-refractivity contribution >= 4 is 68.6 Å². The van der Waals surface area contributed by atoms with E-state index in [1.54, 1.807) is 5.56 Å². The van der Waals surface area contributed by atoms with Gasteiger partial charge in [-0.2, -0.15) is 0 Å². The third kappa shape index (κ3) is 4.20. The van der Waals surface area contributed by atoms with Crippen LogP contribution in [0, 0.1) is 20.8 Å². The molecule has 51 heavy (non-hydrogen) atoms. The molecule has 0 amide bonds. The van der Waals surface area contributed by atoms with Gasteiger partial charge in [-0.1, -0.05) is 98.1 Å². The molecule has 0 bridgehead atoms. The van der Waals surface area contributed by atoms with Gasteiger partial charge in [0.05, 0.1) is 11.2 Å². The van der Waals surface area contributed by atoms with E-state index in [1.807, 2.05) is 0 Å². The molecule has 3 aliphatic heterocycles. The first kappa shape index (κ1) is 30.6. The van der Waals surface area contributed by atoms with Gasteiger partial charge in [0.25, 0.3) is 6.71 Å². The van der Waals surface area contributed by atoms with Crippen molar-refractivity contribution in [3.05, 3.63) is 150 Å². The van der Waals surface area contributed by atoms with E-state index in [1.165, 1.54) is 92.9 Å². The predicted octanol–water partition coefficient (Wildman–Crippen LogP) is 10.4. The van der Waals surface area contributed by atoms with Crippen molar-refractivity contribution in [1.82, 2.24) is 0 Å². The summed E-state index contributed by atoms with van der Waals surface area (Å²) in [4.78, 5) is 7.87. The average molecular weight is 662 g/mol. The molecule has 2 atom stereocenters. The van der Waals surface area contributed by atoms with Crippen LogP contribution >= 0.6 is 0 Å². The predicted molar refractivity (Wildman–Crippen MR) is 217 cm³/mol. The SMILES string of the molecule is Cc1cccc(N2c3cc(C)ccc3B3c4cc(C)cc5c4N(c4cc(N(c6ccccc6)c6ccccc6)cc2c43)C2(C)CCCCC52C)c1. The molecule has 1 aliphatic carbocycles. The zero-order chi connectivity index (χ0) is 34.6. The van der Waals surface area contributed by atoms with Crippen LogP contribution in [0.15, 0.2) is 127 Å². The number of anilines is 8. The lowest BCUT2D eigenvalue weighted by Gasteiger charge is -2.53. The summed E-state index contributed by atoms with van der Waals surface area (Å²) in [6.07, 6.45) is 4.93. The molecule has 0 aromatic heterocycles. The molecule has 1 saturated carbocycles. The highest BCUT2D eigenvalue weighted by molar-refractivity contribution is 7.00. The van der Waals surface area contributed by atoms with Gasteiger partial charge in [-0.3, -0.25) is 0 Å². The summed E-state index contributed by atoms with van der Waals surface area (Å²) in [5.41, 5.74) is 19.9. The number of fused-ring (bicyclic) bond motifs is 7. The smallest absolute Gasteiger partial charge is 0.252 e. The fourth-order valence-corrected chi connectivity index (χ4v) is 10.4. The second-order valence-corrected chi connectivity index (χ2v) is 16.0. The van der Waals surface area contributed by atoms with Crippen molar-refractivity contribution < 1.29 is 0 Å². The molecule has 0 saturated heterocycles. The number of benzene rings is 6. The molecule has 2 unspecified atom stereocenters. The lowest BCUT2D eigenvalue weighted by molar-refractivity contribution is 0.195. The van der Waals surface area contributed by atoms with Gasteiger partial charge in [0, 0.05) is 45.2 Å². The van der Waals surface area contributed by atoms with E-state index in [2.05, 4.69) is 177 Å². The minimum Gasteiger partial charge on any atom is -0.335 e. The molecule has 4 aliphatic rings. The molecule has 0 spiro atoms. The molecular formula is C47H44BN3. The zero-order valence-electron chi connectivity index (χ0n) is 30.4. The van der Waals surface area contributed by atoms with E-state index >= 15 is 0 Å². The Hall–Kier alpha value is -5.22. The van der Waals surface area contributed by atoms with E-state index < -0.39 is 0 Å². The van der Waals surface area contributed by atoms with Crippen molar-refractivity contribution in [3.63, 3.8) is 0 Å². The van der Waals surface area contributed by atoms with Crippen LogP contribution in [0.25, 0.3) is 0 Å². The van der Waals surface area contributed by atoms with Crippen molar-refractivity contribution in [2.24, 2.45) is 0 Å². The van der Waals surface area contributed by atoms with Crippen molar-refractivity contribution in [2.45, 2.75) is 71.3 Å². The van der Waals surface area contributed by atoms with Gasteiger partial charge < -0.3 is 14.7 Å². The van der Waals surface area contributed by atoms with Gasteiger partial charge in [0.1, 0.15) is 0 Å². The molecule has 3 heterocycles. The maximum atomic E-state index is 2.84. The summed E-state index contributed by atoms with van der Waals surface area (Å²) in [7, 11) is 0. The minimum atomic E-state index is -0.0421.